The van der Waals surface area contributed by atoms with Crippen LogP contribution >= 0.6 is 0 Å². The fraction of sp³-hybridized carbons (Fsp3) is 0.200. The Morgan fingerprint density at radius 3 is 2.59 bits per heavy atom. The number of aromatic nitrogens is 1. The van der Waals surface area contributed by atoms with Crippen molar-refractivity contribution in [1.82, 2.24) is 10.3 Å². The van der Waals surface area contributed by atoms with Gasteiger partial charge >= 0.3 is 0 Å². The third-order valence-electron chi connectivity index (χ3n) is 4.41. The number of amides is 1. The number of aryl methyl sites for hydroxylation is 2. The summed E-state index contributed by atoms with van der Waals surface area (Å²) in [6.07, 6.45) is 0. The van der Waals surface area contributed by atoms with Crippen molar-refractivity contribution in [3.05, 3.63) is 65.2 Å². The first-order chi connectivity index (χ1) is 12.7. The Morgan fingerprint density at radius 2 is 1.89 bits per heavy atom. The maximum Gasteiger partial charge on any atom is 0.252 e. The molecule has 1 unspecified atom stereocenters. The summed E-state index contributed by atoms with van der Waals surface area (Å²) < 4.78 is 30.5. The first-order valence-corrected chi connectivity index (χ1v) is 10.1. The van der Waals surface area contributed by atoms with Gasteiger partial charge in [-0.1, -0.05) is 34.5 Å². The molecule has 0 radical (unpaired) electrons. The highest BCUT2D eigenvalue weighted by atomic mass is 32.3. The Bertz CT molecular complexity index is 1060. The highest BCUT2D eigenvalue weighted by Gasteiger charge is 2.16. The van der Waals surface area contributed by atoms with E-state index in [-0.39, 0.29) is 6.54 Å². The fourth-order valence-corrected chi connectivity index (χ4v) is 3.16. The van der Waals surface area contributed by atoms with Gasteiger partial charge in [0.1, 0.15) is 0 Å². The monoisotopic (exact) mass is 384 g/mol. The number of fused-ring (bicyclic) bond motifs is 1. The van der Waals surface area contributed by atoms with E-state index in [9.17, 15) is 13.6 Å². The molecular weight excluding hydrogens is 364 g/mol. The zero-order chi connectivity index (χ0) is 19.6. The summed E-state index contributed by atoms with van der Waals surface area (Å²) in [4.78, 5) is 17.3. The van der Waals surface area contributed by atoms with E-state index in [0.29, 0.717) is 22.2 Å². The third-order valence-corrected chi connectivity index (χ3v) is 5.13. The summed E-state index contributed by atoms with van der Waals surface area (Å²) in [5.41, 5.74) is 4.94. The zero-order valence-corrected chi connectivity index (χ0v) is 15.9. The van der Waals surface area contributed by atoms with Crippen LogP contribution in [0.1, 0.15) is 21.5 Å². The van der Waals surface area contributed by atoms with Crippen LogP contribution in [-0.2, 0) is 14.7 Å². The van der Waals surface area contributed by atoms with Crippen molar-refractivity contribution in [3.63, 3.8) is 0 Å². The number of nitrogens with one attached hydrogen (secondary N) is 1. The van der Waals surface area contributed by atoms with Crippen LogP contribution in [0.2, 0.25) is 0 Å². The lowest BCUT2D eigenvalue weighted by molar-refractivity contribution is 0.0957. The molecule has 0 aliphatic heterocycles. The second-order valence-corrected chi connectivity index (χ2v) is 7.99. The number of nitrogens with zero attached hydrogens (tertiary/aromatic N) is 1. The molecule has 0 saturated heterocycles. The number of hydrogen-bond donors (Lipinski definition) is 2. The Morgan fingerprint density at radius 1 is 1.15 bits per heavy atom. The van der Waals surface area contributed by atoms with Crippen LogP contribution in [0.5, 0.6) is 0 Å². The molecule has 0 bridgehead atoms. The molecule has 1 atom stereocenters. The van der Waals surface area contributed by atoms with Gasteiger partial charge in [-0.3, -0.25) is 4.79 Å². The summed E-state index contributed by atoms with van der Waals surface area (Å²) in [5.74, 6) is -0.950. The first-order valence-electron chi connectivity index (χ1n) is 8.45. The van der Waals surface area contributed by atoms with E-state index in [4.69, 9.17) is 4.55 Å². The van der Waals surface area contributed by atoms with Gasteiger partial charge in [-0.2, -0.15) is 4.55 Å². The van der Waals surface area contributed by atoms with E-state index in [1.54, 1.807) is 12.1 Å². The second kappa shape index (κ2) is 7.56. The minimum atomic E-state index is -4.13. The number of rotatable bonds is 5. The Hall–Kier alpha value is -2.61. The molecule has 1 aromatic heterocycles. The molecule has 27 heavy (non-hydrogen) atoms. The van der Waals surface area contributed by atoms with Gasteiger partial charge < -0.3 is 9.87 Å². The van der Waals surface area contributed by atoms with Gasteiger partial charge in [0.05, 0.1) is 23.3 Å². The molecule has 1 heterocycles. The lowest BCUT2D eigenvalue weighted by Gasteiger charge is -2.12. The number of carbonyl (C=O) groups excluding carboxylic acids is 1. The van der Waals surface area contributed by atoms with E-state index < -0.39 is 22.2 Å². The van der Waals surface area contributed by atoms with Crippen molar-refractivity contribution >= 4 is 27.3 Å². The van der Waals surface area contributed by atoms with Crippen LogP contribution in [-0.4, -0.2) is 32.3 Å². The molecule has 0 spiro atoms. The highest BCUT2D eigenvalue weighted by molar-refractivity contribution is 7.92. The summed E-state index contributed by atoms with van der Waals surface area (Å²) in [5, 5.41) is 3.22. The predicted octanol–water partition coefficient (Wildman–Crippen LogP) is 3.35. The van der Waals surface area contributed by atoms with Gasteiger partial charge in [-0.25, -0.2) is 4.98 Å². The number of hydrogen-bond acceptors (Lipinski definition) is 4. The predicted molar refractivity (Wildman–Crippen MR) is 105 cm³/mol. The van der Waals surface area contributed by atoms with Crippen molar-refractivity contribution < 1.29 is 18.1 Å². The molecule has 0 aliphatic carbocycles. The van der Waals surface area contributed by atoms with E-state index in [2.05, 4.69) is 10.3 Å². The van der Waals surface area contributed by atoms with Gasteiger partial charge in [-0.15, -0.1) is 0 Å². The zero-order valence-electron chi connectivity index (χ0n) is 15.1. The minimum Gasteiger partial charge on any atom is -0.586 e. The van der Waals surface area contributed by atoms with Gasteiger partial charge in [0.15, 0.2) is 16.2 Å². The number of para-hydroxylation sites is 1. The molecule has 6 nitrogen and oxygen atoms in total. The normalized spacial score (nSPS) is 13.3. The number of benzene rings is 2. The molecular formula is C20H20N2O4S. The maximum atomic E-state index is 12.6. The van der Waals surface area contributed by atoms with Crippen molar-refractivity contribution in [3.8, 4) is 11.3 Å². The summed E-state index contributed by atoms with van der Waals surface area (Å²) in [7, 11) is -4.13. The molecule has 3 aromatic rings. The summed E-state index contributed by atoms with van der Waals surface area (Å²) in [6, 6.07) is 15.0. The first kappa shape index (κ1) is 19.2. The van der Waals surface area contributed by atoms with Gasteiger partial charge in [0, 0.05) is 10.9 Å². The number of pyridine rings is 1. The Labute approximate surface area is 158 Å². The van der Waals surface area contributed by atoms with Crippen LogP contribution in [0.15, 0.2) is 48.5 Å². The van der Waals surface area contributed by atoms with E-state index in [0.717, 1.165) is 11.1 Å². The van der Waals surface area contributed by atoms with E-state index in [1.165, 1.54) is 5.56 Å². The van der Waals surface area contributed by atoms with Crippen LogP contribution in [0.4, 0.5) is 0 Å². The van der Waals surface area contributed by atoms with Crippen molar-refractivity contribution in [2.24, 2.45) is 0 Å². The molecule has 0 fully saturated rings. The standard InChI is InChI=1S/C20H20N2O4S/c1-13-7-8-15(11-14(13)2)19-12-17(16-5-3-4-6-18(16)22-19)20(23)21-9-10-27(24,25)26/h3-8,11-12H,9-10H2,1-2H3,(H2-,21,23,24,25,26). The van der Waals surface area contributed by atoms with Crippen molar-refractivity contribution in [1.29, 1.82) is 0 Å². The molecule has 2 aromatic carbocycles. The Kier molecular flexibility index (Phi) is 5.36. The third kappa shape index (κ3) is 4.57. The minimum absolute atomic E-state index is 0.173. The van der Waals surface area contributed by atoms with Crippen molar-refractivity contribution in [2.45, 2.75) is 13.8 Å². The second-order valence-electron chi connectivity index (χ2n) is 6.41. The van der Waals surface area contributed by atoms with E-state index >= 15 is 0 Å². The SMILES string of the molecule is Cc1ccc(-c2cc(C(=O)NCC[S+](=O)([O-])O)c3ccccc3n2)cc1C. The van der Waals surface area contributed by atoms with Crippen LogP contribution < -0.4 is 5.32 Å². The van der Waals surface area contributed by atoms with Crippen LogP contribution in [0, 0.1) is 13.8 Å². The fourth-order valence-electron chi connectivity index (χ4n) is 2.80. The molecule has 7 heteroatoms. The average Bonchev–Trinajstić information content (AvgIpc) is 2.62. The van der Waals surface area contributed by atoms with Crippen LogP contribution in [0.25, 0.3) is 22.2 Å². The van der Waals surface area contributed by atoms with Crippen LogP contribution in [0.3, 0.4) is 0 Å². The Balaban J connectivity index is 2.01. The van der Waals surface area contributed by atoms with Gasteiger partial charge in [0.2, 0.25) is 0 Å². The smallest absolute Gasteiger partial charge is 0.252 e. The lowest BCUT2D eigenvalue weighted by atomic mass is 10.0. The van der Waals surface area contributed by atoms with Gasteiger partial charge in [0.25, 0.3) is 5.91 Å². The van der Waals surface area contributed by atoms with Crippen molar-refractivity contribution in [2.75, 3.05) is 12.3 Å². The summed E-state index contributed by atoms with van der Waals surface area (Å²) >= 11 is 0. The van der Waals surface area contributed by atoms with E-state index in [1.807, 2.05) is 50.2 Å². The quantitative estimate of drug-likeness (QED) is 0.657. The highest BCUT2D eigenvalue weighted by Crippen LogP contribution is 2.26. The molecule has 2 N–H and O–H groups in total. The molecule has 0 aliphatic rings. The molecule has 1 amide bonds. The average molecular weight is 384 g/mol. The summed E-state index contributed by atoms with van der Waals surface area (Å²) in [6.45, 7) is 3.87. The largest absolute Gasteiger partial charge is 0.586 e. The topological polar surface area (TPSA) is 102 Å². The number of carbonyl (C=O) groups is 1. The van der Waals surface area contributed by atoms with Gasteiger partial charge in [-0.05, 0) is 43.2 Å². The maximum absolute atomic E-state index is 12.6. The molecule has 140 valence electrons. The molecule has 0 saturated carbocycles. The molecule has 3 rings (SSSR count). The lowest BCUT2D eigenvalue weighted by Crippen LogP contribution is -2.31.